The van der Waals surface area contributed by atoms with Crippen LogP contribution >= 0.6 is 11.6 Å². The Morgan fingerprint density at radius 1 is 1.16 bits per heavy atom. The summed E-state index contributed by atoms with van der Waals surface area (Å²) in [5.41, 5.74) is 0. The zero-order chi connectivity index (χ0) is 13.5. The van der Waals surface area contributed by atoms with Crippen LogP contribution in [0.4, 0.5) is 0 Å². The van der Waals surface area contributed by atoms with Gasteiger partial charge in [0.1, 0.15) is 11.9 Å². The van der Waals surface area contributed by atoms with Gasteiger partial charge in [-0.05, 0) is 56.5 Å². The van der Waals surface area contributed by atoms with Crippen LogP contribution < -0.4 is 10.1 Å². The molecule has 19 heavy (non-hydrogen) atoms. The molecule has 1 saturated carbocycles. The van der Waals surface area contributed by atoms with E-state index in [1.807, 2.05) is 24.3 Å². The predicted octanol–water partition coefficient (Wildman–Crippen LogP) is 4.42. The Balaban J connectivity index is 1.98. The fraction of sp³-hybridized carbons (Fsp3) is 0.625. The standard InChI is InChI=1S/C16H24ClNO/c1-2-12-18-15-6-4-3-5-7-16(15)19-14-10-8-13(17)9-11-14/h8-11,15-16,18H,2-7,12H2,1H3. The maximum absolute atomic E-state index is 6.18. The molecule has 3 heteroatoms. The van der Waals surface area contributed by atoms with Crippen molar-refractivity contribution in [1.82, 2.24) is 5.32 Å². The van der Waals surface area contributed by atoms with Crippen molar-refractivity contribution >= 4 is 11.6 Å². The van der Waals surface area contributed by atoms with Gasteiger partial charge >= 0.3 is 0 Å². The van der Waals surface area contributed by atoms with Crippen LogP contribution in [0.2, 0.25) is 5.02 Å². The first-order valence-corrected chi connectivity index (χ1v) is 7.83. The van der Waals surface area contributed by atoms with E-state index in [0.29, 0.717) is 6.04 Å². The molecular formula is C16H24ClNO. The first kappa shape index (κ1) is 14.7. The van der Waals surface area contributed by atoms with Crippen molar-refractivity contribution in [1.29, 1.82) is 0 Å². The maximum Gasteiger partial charge on any atom is 0.119 e. The molecule has 2 nitrogen and oxygen atoms in total. The molecule has 1 aromatic rings. The molecule has 0 bridgehead atoms. The highest BCUT2D eigenvalue weighted by Gasteiger charge is 2.24. The molecule has 106 valence electrons. The Labute approximate surface area is 121 Å². The first-order valence-electron chi connectivity index (χ1n) is 7.45. The number of rotatable bonds is 5. The van der Waals surface area contributed by atoms with E-state index in [1.165, 1.54) is 32.1 Å². The Morgan fingerprint density at radius 3 is 2.63 bits per heavy atom. The maximum atomic E-state index is 6.18. The van der Waals surface area contributed by atoms with Crippen molar-refractivity contribution in [3.63, 3.8) is 0 Å². The molecule has 1 aromatic carbocycles. The van der Waals surface area contributed by atoms with Crippen LogP contribution in [0.15, 0.2) is 24.3 Å². The minimum absolute atomic E-state index is 0.287. The molecule has 0 saturated heterocycles. The van der Waals surface area contributed by atoms with Crippen LogP contribution in [0.1, 0.15) is 45.4 Å². The molecule has 0 spiro atoms. The van der Waals surface area contributed by atoms with Crippen molar-refractivity contribution in [3.05, 3.63) is 29.3 Å². The van der Waals surface area contributed by atoms with Gasteiger partial charge in [-0.1, -0.05) is 31.4 Å². The van der Waals surface area contributed by atoms with Gasteiger partial charge in [-0.15, -0.1) is 0 Å². The minimum atomic E-state index is 0.287. The average Bonchev–Trinajstić information content (AvgIpc) is 2.64. The number of nitrogens with one attached hydrogen (secondary N) is 1. The van der Waals surface area contributed by atoms with E-state index in [2.05, 4.69) is 12.2 Å². The first-order chi connectivity index (χ1) is 9.29. The SMILES string of the molecule is CCCNC1CCCCCC1Oc1ccc(Cl)cc1. The highest BCUT2D eigenvalue weighted by atomic mass is 35.5. The Hall–Kier alpha value is -0.730. The molecule has 1 N–H and O–H groups in total. The zero-order valence-corrected chi connectivity index (χ0v) is 12.5. The summed E-state index contributed by atoms with van der Waals surface area (Å²) in [4.78, 5) is 0. The average molecular weight is 282 g/mol. The van der Waals surface area contributed by atoms with Gasteiger partial charge in [0, 0.05) is 11.1 Å². The topological polar surface area (TPSA) is 21.3 Å². The van der Waals surface area contributed by atoms with E-state index in [1.54, 1.807) is 0 Å². The number of hydrogen-bond acceptors (Lipinski definition) is 2. The molecular weight excluding hydrogens is 258 g/mol. The van der Waals surface area contributed by atoms with Gasteiger partial charge in [-0.2, -0.15) is 0 Å². The van der Waals surface area contributed by atoms with Crippen molar-refractivity contribution < 1.29 is 4.74 Å². The molecule has 2 unspecified atom stereocenters. The molecule has 1 aliphatic carbocycles. The summed E-state index contributed by atoms with van der Waals surface area (Å²) in [5.74, 6) is 0.930. The van der Waals surface area contributed by atoms with E-state index in [4.69, 9.17) is 16.3 Å². The Morgan fingerprint density at radius 2 is 1.89 bits per heavy atom. The largest absolute Gasteiger partial charge is 0.489 e. The second kappa shape index (κ2) is 7.76. The molecule has 1 aliphatic rings. The molecule has 0 aromatic heterocycles. The minimum Gasteiger partial charge on any atom is -0.489 e. The van der Waals surface area contributed by atoms with E-state index in [-0.39, 0.29) is 6.10 Å². The highest BCUT2D eigenvalue weighted by molar-refractivity contribution is 6.30. The van der Waals surface area contributed by atoms with Gasteiger partial charge in [0.2, 0.25) is 0 Å². The van der Waals surface area contributed by atoms with E-state index in [9.17, 15) is 0 Å². The predicted molar refractivity (Wildman–Crippen MR) is 81.0 cm³/mol. The molecule has 0 aliphatic heterocycles. The quantitative estimate of drug-likeness (QED) is 0.807. The van der Waals surface area contributed by atoms with Crippen molar-refractivity contribution in [2.75, 3.05) is 6.54 Å². The van der Waals surface area contributed by atoms with Crippen LogP contribution in [-0.4, -0.2) is 18.7 Å². The summed E-state index contributed by atoms with van der Waals surface area (Å²) in [6.07, 6.45) is 7.72. The van der Waals surface area contributed by atoms with Gasteiger partial charge in [-0.25, -0.2) is 0 Å². The van der Waals surface area contributed by atoms with Crippen LogP contribution in [0.5, 0.6) is 5.75 Å². The lowest BCUT2D eigenvalue weighted by Crippen LogP contribution is -2.42. The van der Waals surface area contributed by atoms with Gasteiger partial charge in [0.05, 0.1) is 0 Å². The Kier molecular flexibility index (Phi) is 5.99. The van der Waals surface area contributed by atoms with Gasteiger partial charge in [0.25, 0.3) is 0 Å². The Bertz CT molecular complexity index is 366. The number of halogens is 1. The molecule has 0 heterocycles. The van der Waals surface area contributed by atoms with Crippen LogP contribution in [0.3, 0.4) is 0 Å². The third kappa shape index (κ3) is 4.70. The summed E-state index contributed by atoms with van der Waals surface area (Å²) in [5, 5.41) is 4.40. The summed E-state index contributed by atoms with van der Waals surface area (Å²) >= 11 is 5.91. The molecule has 2 rings (SSSR count). The van der Waals surface area contributed by atoms with Crippen molar-refractivity contribution in [2.45, 2.75) is 57.6 Å². The molecule has 1 fully saturated rings. The lowest BCUT2D eigenvalue weighted by Gasteiger charge is -2.27. The monoisotopic (exact) mass is 281 g/mol. The lowest BCUT2D eigenvalue weighted by atomic mass is 10.1. The van der Waals surface area contributed by atoms with Gasteiger partial charge in [-0.3, -0.25) is 0 Å². The molecule has 0 radical (unpaired) electrons. The molecule has 0 amide bonds. The van der Waals surface area contributed by atoms with Crippen LogP contribution in [-0.2, 0) is 0 Å². The number of benzene rings is 1. The lowest BCUT2D eigenvalue weighted by molar-refractivity contribution is 0.145. The van der Waals surface area contributed by atoms with E-state index >= 15 is 0 Å². The normalized spacial score (nSPS) is 23.9. The van der Waals surface area contributed by atoms with Crippen molar-refractivity contribution in [3.8, 4) is 5.75 Å². The summed E-state index contributed by atoms with van der Waals surface area (Å²) in [7, 11) is 0. The fourth-order valence-corrected chi connectivity index (χ4v) is 2.79. The zero-order valence-electron chi connectivity index (χ0n) is 11.7. The highest BCUT2D eigenvalue weighted by Crippen LogP contribution is 2.24. The number of hydrogen-bond donors (Lipinski definition) is 1. The summed E-state index contributed by atoms with van der Waals surface area (Å²) in [6.45, 7) is 3.28. The third-order valence-corrected chi connectivity index (χ3v) is 3.96. The second-order valence-corrected chi connectivity index (χ2v) is 5.75. The summed E-state index contributed by atoms with van der Waals surface area (Å²) in [6, 6.07) is 8.19. The van der Waals surface area contributed by atoms with E-state index in [0.717, 1.165) is 23.7 Å². The third-order valence-electron chi connectivity index (χ3n) is 3.71. The second-order valence-electron chi connectivity index (χ2n) is 5.31. The smallest absolute Gasteiger partial charge is 0.119 e. The summed E-state index contributed by atoms with van der Waals surface area (Å²) < 4.78 is 6.18. The van der Waals surface area contributed by atoms with Crippen LogP contribution in [0.25, 0.3) is 0 Å². The number of ether oxygens (including phenoxy) is 1. The van der Waals surface area contributed by atoms with Crippen molar-refractivity contribution in [2.24, 2.45) is 0 Å². The van der Waals surface area contributed by atoms with E-state index < -0.39 is 0 Å². The van der Waals surface area contributed by atoms with Gasteiger partial charge in [0.15, 0.2) is 0 Å². The molecule has 2 atom stereocenters. The fourth-order valence-electron chi connectivity index (χ4n) is 2.67. The van der Waals surface area contributed by atoms with Gasteiger partial charge < -0.3 is 10.1 Å². The van der Waals surface area contributed by atoms with Crippen LogP contribution in [0, 0.1) is 0 Å².